The van der Waals surface area contributed by atoms with Crippen LogP contribution in [-0.4, -0.2) is 51.4 Å². The number of piperidine rings is 1. The highest BCUT2D eigenvalue weighted by atomic mass is 35.5. The summed E-state index contributed by atoms with van der Waals surface area (Å²) in [5, 5.41) is 0. The Morgan fingerprint density at radius 2 is 1.63 bits per heavy atom. The van der Waals surface area contributed by atoms with Crippen LogP contribution in [0.5, 0.6) is 0 Å². The van der Waals surface area contributed by atoms with Crippen molar-refractivity contribution in [1.82, 2.24) is 9.03 Å². The number of nitrogens with zero attached hydrogens (tertiary/aromatic N) is 1. The summed E-state index contributed by atoms with van der Waals surface area (Å²) >= 11 is 0. The zero-order valence-corrected chi connectivity index (χ0v) is 17.5. The van der Waals surface area contributed by atoms with Crippen LogP contribution >= 0.6 is 12.4 Å². The third-order valence-corrected chi connectivity index (χ3v) is 6.73. The van der Waals surface area contributed by atoms with E-state index in [4.69, 9.17) is 15.2 Å². The lowest BCUT2D eigenvalue weighted by molar-refractivity contribution is -0.179. The van der Waals surface area contributed by atoms with Gasteiger partial charge in [0.05, 0.1) is 13.2 Å². The maximum atomic E-state index is 12.5. The third-order valence-electron chi connectivity index (χ3n) is 5.15. The molecule has 1 aromatic rings. The third kappa shape index (κ3) is 5.41. The minimum atomic E-state index is -3.56. The summed E-state index contributed by atoms with van der Waals surface area (Å²) in [6.07, 6.45) is 1.10. The Labute approximate surface area is 168 Å². The molecule has 9 heteroatoms. The first-order valence-corrected chi connectivity index (χ1v) is 10.6. The predicted molar refractivity (Wildman–Crippen MR) is 107 cm³/mol. The van der Waals surface area contributed by atoms with Crippen molar-refractivity contribution in [2.45, 2.75) is 44.4 Å². The number of nitrogens with one attached hydrogen (secondary N) is 1. The van der Waals surface area contributed by atoms with Crippen LogP contribution in [0, 0.1) is 0 Å². The molecule has 154 valence electrons. The molecule has 0 amide bonds. The Balaban J connectivity index is 0.00000261. The van der Waals surface area contributed by atoms with Gasteiger partial charge in [0.1, 0.15) is 0 Å². The van der Waals surface area contributed by atoms with Crippen molar-refractivity contribution >= 4 is 22.6 Å². The van der Waals surface area contributed by atoms with E-state index in [1.54, 1.807) is 0 Å². The van der Waals surface area contributed by atoms with E-state index < -0.39 is 16.0 Å². The molecule has 2 fully saturated rings. The van der Waals surface area contributed by atoms with Crippen LogP contribution in [0.1, 0.15) is 49.8 Å². The van der Waals surface area contributed by atoms with Crippen molar-refractivity contribution < 1.29 is 17.9 Å². The molecule has 2 saturated heterocycles. The zero-order chi connectivity index (χ0) is 18.8. The largest absolute Gasteiger partial charge is 0.347 e. The van der Waals surface area contributed by atoms with E-state index in [0.29, 0.717) is 45.1 Å². The van der Waals surface area contributed by atoms with E-state index in [2.05, 4.69) is 18.6 Å². The molecule has 1 unspecified atom stereocenters. The molecule has 2 aliphatic heterocycles. The summed E-state index contributed by atoms with van der Waals surface area (Å²) in [5.74, 6) is -0.130. The minimum Gasteiger partial charge on any atom is -0.347 e. The zero-order valence-electron chi connectivity index (χ0n) is 15.9. The lowest BCUT2D eigenvalue weighted by atomic mass is 9.99. The van der Waals surface area contributed by atoms with Gasteiger partial charge in [-0.25, -0.2) is 4.72 Å². The number of benzene rings is 1. The van der Waals surface area contributed by atoms with Gasteiger partial charge in [-0.05, 0) is 17.0 Å². The van der Waals surface area contributed by atoms with Gasteiger partial charge in [-0.1, -0.05) is 38.1 Å². The molecule has 1 spiro atoms. The van der Waals surface area contributed by atoms with Crippen molar-refractivity contribution in [3.8, 4) is 0 Å². The van der Waals surface area contributed by atoms with Crippen molar-refractivity contribution in [2.24, 2.45) is 5.73 Å². The average molecular weight is 420 g/mol. The molecule has 0 saturated carbocycles. The van der Waals surface area contributed by atoms with E-state index >= 15 is 0 Å². The van der Waals surface area contributed by atoms with E-state index in [1.807, 2.05) is 24.3 Å². The smallest absolute Gasteiger partial charge is 0.279 e. The number of rotatable bonds is 6. The highest BCUT2D eigenvalue weighted by Gasteiger charge is 2.42. The molecule has 0 aliphatic carbocycles. The van der Waals surface area contributed by atoms with Crippen LogP contribution in [0.3, 0.4) is 0 Å². The number of hydrogen-bond acceptors (Lipinski definition) is 5. The topological polar surface area (TPSA) is 93.9 Å². The van der Waals surface area contributed by atoms with Crippen LogP contribution < -0.4 is 10.5 Å². The summed E-state index contributed by atoms with van der Waals surface area (Å²) in [6.45, 7) is 6.35. The summed E-state index contributed by atoms with van der Waals surface area (Å²) < 4.78 is 40.4. The van der Waals surface area contributed by atoms with Gasteiger partial charge >= 0.3 is 0 Å². The van der Waals surface area contributed by atoms with Crippen molar-refractivity contribution in [2.75, 3.05) is 32.8 Å². The maximum absolute atomic E-state index is 12.5. The molecule has 1 atom stereocenters. The lowest BCUT2D eigenvalue weighted by Gasteiger charge is -2.36. The van der Waals surface area contributed by atoms with Gasteiger partial charge in [-0.15, -0.1) is 12.4 Å². The summed E-state index contributed by atoms with van der Waals surface area (Å²) in [7, 11) is -3.56. The van der Waals surface area contributed by atoms with Crippen molar-refractivity contribution in [1.29, 1.82) is 0 Å². The minimum absolute atomic E-state index is 0. The number of nitrogens with two attached hydrogens (primary N) is 1. The first-order chi connectivity index (χ1) is 12.3. The standard InChI is InChI=1S/C18H29N3O4S.ClH/c1-14(2)15-3-5-16(6-4-15)17(19)13-20-26(22,23)21-9-7-18(8-10-21)24-11-12-25-18;/h3-6,14,17,20H,7-13,19H2,1-2H3;1H. The first-order valence-electron chi connectivity index (χ1n) is 9.19. The summed E-state index contributed by atoms with van der Waals surface area (Å²) in [6, 6.07) is 7.63. The molecule has 0 radical (unpaired) electrons. The highest BCUT2D eigenvalue weighted by Crippen LogP contribution is 2.31. The first kappa shape index (κ1) is 22.5. The number of hydrogen-bond donors (Lipinski definition) is 2. The van der Waals surface area contributed by atoms with E-state index in [1.165, 1.54) is 9.87 Å². The van der Waals surface area contributed by atoms with E-state index in [9.17, 15) is 8.42 Å². The SMILES string of the molecule is CC(C)c1ccc(C(N)CNS(=O)(=O)N2CCC3(CC2)OCCO3)cc1.Cl. The van der Waals surface area contributed by atoms with Gasteiger partial charge in [0.15, 0.2) is 5.79 Å². The van der Waals surface area contributed by atoms with Gasteiger partial charge in [-0.3, -0.25) is 0 Å². The summed E-state index contributed by atoms with van der Waals surface area (Å²) in [4.78, 5) is 0. The molecule has 0 bridgehead atoms. The molecule has 1 aromatic carbocycles. The molecule has 2 aliphatic rings. The van der Waals surface area contributed by atoms with Gasteiger partial charge in [0, 0.05) is 38.5 Å². The Hall–Kier alpha value is -0.740. The molecule has 3 N–H and O–H groups in total. The second-order valence-electron chi connectivity index (χ2n) is 7.29. The second-order valence-corrected chi connectivity index (χ2v) is 9.04. The Kier molecular flexibility index (Phi) is 7.66. The molecule has 3 rings (SSSR count). The van der Waals surface area contributed by atoms with Crippen molar-refractivity contribution in [3.05, 3.63) is 35.4 Å². The Morgan fingerprint density at radius 3 is 2.15 bits per heavy atom. The van der Waals surface area contributed by atoms with Gasteiger partial charge in [-0.2, -0.15) is 12.7 Å². The van der Waals surface area contributed by atoms with Gasteiger partial charge in [0.2, 0.25) is 0 Å². The van der Waals surface area contributed by atoms with Crippen LogP contribution in [0.4, 0.5) is 0 Å². The molecular weight excluding hydrogens is 390 g/mol. The van der Waals surface area contributed by atoms with Crippen LogP contribution in [0.15, 0.2) is 24.3 Å². The molecule has 2 heterocycles. The Morgan fingerprint density at radius 1 is 1.11 bits per heavy atom. The number of halogens is 1. The monoisotopic (exact) mass is 419 g/mol. The molecule has 7 nitrogen and oxygen atoms in total. The maximum Gasteiger partial charge on any atom is 0.279 e. The fourth-order valence-electron chi connectivity index (χ4n) is 3.39. The van der Waals surface area contributed by atoms with E-state index in [-0.39, 0.29) is 25.0 Å². The van der Waals surface area contributed by atoms with Crippen molar-refractivity contribution in [3.63, 3.8) is 0 Å². The molecule has 0 aromatic heterocycles. The summed E-state index contributed by atoms with van der Waals surface area (Å²) in [5.41, 5.74) is 8.32. The normalized spacial score (nSPS) is 21.3. The quantitative estimate of drug-likeness (QED) is 0.734. The molecular formula is C18H30ClN3O4S. The van der Waals surface area contributed by atoms with Crippen LogP contribution in [-0.2, 0) is 19.7 Å². The Bertz CT molecular complexity index is 696. The van der Waals surface area contributed by atoms with Gasteiger partial charge in [0.25, 0.3) is 10.2 Å². The fourth-order valence-corrected chi connectivity index (χ4v) is 4.62. The lowest BCUT2D eigenvalue weighted by Crippen LogP contribution is -2.51. The second kappa shape index (κ2) is 9.17. The fraction of sp³-hybridized carbons (Fsp3) is 0.667. The number of ether oxygens (including phenoxy) is 2. The van der Waals surface area contributed by atoms with Gasteiger partial charge < -0.3 is 15.2 Å². The van der Waals surface area contributed by atoms with Crippen LogP contribution in [0.2, 0.25) is 0 Å². The molecule has 27 heavy (non-hydrogen) atoms. The highest BCUT2D eigenvalue weighted by molar-refractivity contribution is 7.87. The predicted octanol–water partition coefficient (Wildman–Crippen LogP) is 1.90. The average Bonchev–Trinajstić information content (AvgIpc) is 3.08. The van der Waals surface area contributed by atoms with E-state index in [0.717, 1.165) is 5.56 Å². The van der Waals surface area contributed by atoms with Crippen LogP contribution in [0.25, 0.3) is 0 Å².